The maximum atomic E-state index is 11.1. The number of ketones is 2. The van der Waals surface area contributed by atoms with Crippen molar-refractivity contribution in [3.05, 3.63) is 29.1 Å². The summed E-state index contributed by atoms with van der Waals surface area (Å²) in [5, 5.41) is 8.77. The summed E-state index contributed by atoms with van der Waals surface area (Å²) >= 11 is 0. The summed E-state index contributed by atoms with van der Waals surface area (Å²) in [4.78, 5) is 36.5. The molecule has 0 bridgehead atoms. The van der Waals surface area contributed by atoms with Gasteiger partial charge >= 0.3 is 5.97 Å². The van der Waals surface area contributed by atoms with Crippen LogP contribution < -0.4 is 0 Å². The summed E-state index contributed by atoms with van der Waals surface area (Å²) in [6.07, 6.45) is 0. The molecular weight excluding hydrogens is 198 g/mol. The molecule has 1 aromatic rings. The van der Waals surface area contributed by atoms with Crippen LogP contribution >= 0.6 is 0 Å². The number of rotatable bonds is 3. The van der Waals surface area contributed by atoms with E-state index in [4.69, 9.17) is 5.11 Å². The Bertz CT molecular complexity index is 451. The average molecular weight is 207 g/mol. The van der Waals surface area contributed by atoms with E-state index in [0.29, 0.717) is 0 Å². The van der Waals surface area contributed by atoms with Gasteiger partial charge in [0.2, 0.25) is 0 Å². The van der Waals surface area contributed by atoms with Crippen molar-refractivity contribution in [3.63, 3.8) is 0 Å². The zero-order chi connectivity index (χ0) is 11.6. The van der Waals surface area contributed by atoms with E-state index in [1.165, 1.54) is 26.0 Å². The summed E-state index contributed by atoms with van der Waals surface area (Å²) in [5.74, 6) is -2.02. The number of pyridine rings is 1. The normalized spacial score (nSPS) is 9.73. The average Bonchev–Trinajstić information content (AvgIpc) is 2.16. The molecule has 0 aliphatic carbocycles. The number of carbonyl (C=O) groups is 3. The third-order valence-electron chi connectivity index (χ3n) is 1.82. The number of hydrogen-bond acceptors (Lipinski definition) is 4. The van der Waals surface area contributed by atoms with E-state index >= 15 is 0 Å². The second-order valence-electron chi connectivity index (χ2n) is 3.01. The van der Waals surface area contributed by atoms with E-state index in [2.05, 4.69) is 4.98 Å². The minimum atomic E-state index is -1.23. The molecule has 1 N–H and O–H groups in total. The van der Waals surface area contributed by atoms with Gasteiger partial charge in [0.25, 0.3) is 0 Å². The summed E-state index contributed by atoms with van der Waals surface area (Å²) in [6.45, 7) is 2.51. The molecule has 0 aliphatic rings. The fraction of sp³-hybridized carbons (Fsp3) is 0.200. The fourth-order valence-corrected chi connectivity index (χ4v) is 1.10. The van der Waals surface area contributed by atoms with E-state index in [0.717, 1.165) is 0 Å². The van der Waals surface area contributed by atoms with E-state index < -0.39 is 11.8 Å². The molecule has 0 atom stereocenters. The summed E-state index contributed by atoms with van der Waals surface area (Å²) in [5.41, 5.74) is -0.284. The number of aromatic carboxylic acids is 1. The Morgan fingerprint density at radius 2 is 1.73 bits per heavy atom. The molecule has 78 valence electrons. The Balaban J connectivity index is 3.40. The molecule has 0 saturated carbocycles. The Morgan fingerprint density at radius 3 is 2.13 bits per heavy atom. The molecule has 5 nitrogen and oxygen atoms in total. The summed E-state index contributed by atoms with van der Waals surface area (Å²) in [7, 11) is 0. The maximum Gasteiger partial charge on any atom is 0.338 e. The lowest BCUT2D eigenvalue weighted by molar-refractivity contribution is 0.0690. The van der Waals surface area contributed by atoms with Crippen LogP contribution in [0.25, 0.3) is 0 Å². The zero-order valence-electron chi connectivity index (χ0n) is 8.27. The van der Waals surface area contributed by atoms with Crippen LogP contribution in [0, 0.1) is 0 Å². The molecular formula is C10H9NO4. The van der Waals surface area contributed by atoms with E-state index in [1.54, 1.807) is 0 Å². The van der Waals surface area contributed by atoms with Crippen molar-refractivity contribution in [2.24, 2.45) is 0 Å². The first-order valence-electron chi connectivity index (χ1n) is 4.19. The van der Waals surface area contributed by atoms with Crippen LogP contribution in [0.3, 0.4) is 0 Å². The Hall–Kier alpha value is -2.04. The lowest BCUT2D eigenvalue weighted by Crippen LogP contribution is -2.11. The van der Waals surface area contributed by atoms with Crippen LogP contribution in [0.15, 0.2) is 12.1 Å². The van der Waals surface area contributed by atoms with Crippen LogP contribution in [0.5, 0.6) is 0 Å². The highest BCUT2D eigenvalue weighted by Crippen LogP contribution is 2.09. The van der Waals surface area contributed by atoms with Gasteiger partial charge in [0, 0.05) is 13.8 Å². The van der Waals surface area contributed by atoms with Crippen molar-refractivity contribution in [2.45, 2.75) is 13.8 Å². The SMILES string of the molecule is CC(=O)c1ccc(C(=O)O)c(C(C)=O)n1. The highest BCUT2D eigenvalue weighted by molar-refractivity contribution is 6.04. The third kappa shape index (κ3) is 2.25. The van der Waals surface area contributed by atoms with Gasteiger partial charge in [0.15, 0.2) is 11.6 Å². The van der Waals surface area contributed by atoms with Gasteiger partial charge in [-0.15, -0.1) is 0 Å². The predicted molar refractivity (Wildman–Crippen MR) is 51.2 cm³/mol. The fourth-order valence-electron chi connectivity index (χ4n) is 1.10. The van der Waals surface area contributed by atoms with E-state index in [9.17, 15) is 14.4 Å². The lowest BCUT2D eigenvalue weighted by atomic mass is 10.1. The maximum absolute atomic E-state index is 11.1. The second-order valence-corrected chi connectivity index (χ2v) is 3.01. The van der Waals surface area contributed by atoms with Crippen LogP contribution in [0.4, 0.5) is 0 Å². The van der Waals surface area contributed by atoms with Crippen molar-refractivity contribution in [1.82, 2.24) is 4.98 Å². The minimum Gasteiger partial charge on any atom is -0.478 e. The number of carboxylic acid groups (broad SMARTS) is 1. The van der Waals surface area contributed by atoms with Gasteiger partial charge in [-0.3, -0.25) is 9.59 Å². The summed E-state index contributed by atoms with van der Waals surface area (Å²) < 4.78 is 0. The predicted octanol–water partition coefficient (Wildman–Crippen LogP) is 1.19. The first kappa shape index (κ1) is 11.0. The third-order valence-corrected chi connectivity index (χ3v) is 1.82. The van der Waals surface area contributed by atoms with Gasteiger partial charge in [-0.25, -0.2) is 9.78 Å². The first-order valence-corrected chi connectivity index (χ1v) is 4.19. The number of aromatic nitrogens is 1. The minimum absolute atomic E-state index is 0.0881. The molecule has 0 amide bonds. The number of carboxylic acids is 1. The van der Waals surface area contributed by atoms with E-state index in [-0.39, 0.29) is 22.7 Å². The van der Waals surface area contributed by atoms with Gasteiger partial charge < -0.3 is 5.11 Å². The molecule has 15 heavy (non-hydrogen) atoms. The second kappa shape index (κ2) is 4.00. The number of carbonyl (C=O) groups excluding carboxylic acids is 2. The number of Topliss-reactive ketones (excluding diaryl/α,β-unsaturated/α-hetero) is 2. The number of nitrogens with zero attached hydrogens (tertiary/aromatic N) is 1. The standard InChI is InChI=1S/C10H9NO4/c1-5(12)8-4-3-7(10(14)15)9(11-8)6(2)13/h3-4H,1-2H3,(H,14,15). The van der Waals surface area contributed by atoms with Crippen LogP contribution in [0.1, 0.15) is 45.2 Å². The van der Waals surface area contributed by atoms with Crippen molar-refractivity contribution < 1.29 is 19.5 Å². The number of hydrogen-bond donors (Lipinski definition) is 1. The molecule has 0 radical (unpaired) electrons. The molecule has 5 heteroatoms. The highest BCUT2D eigenvalue weighted by atomic mass is 16.4. The van der Waals surface area contributed by atoms with Crippen molar-refractivity contribution in [1.29, 1.82) is 0 Å². The van der Waals surface area contributed by atoms with Gasteiger partial charge in [-0.05, 0) is 12.1 Å². The molecule has 1 heterocycles. The zero-order valence-corrected chi connectivity index (χ0v) is 8.27. The van der Waals surface area contributed by atoms with Crippen LogP contribution in [-0.4, -0.2) is 27.6 Å². The van der Waals surface area contributed by atoms with Gasteiger partial charge in [0.1, 0.15) is 11.4 Å². The largest absolute Gasteiger partial charge is 0.478 e. The lowest BCUT2D eigenvalue weighted by Gasteiger charge is -2.02. The Labute approximate surface area is 85.8 Å². The first-order chi connectivity index (χ1) is 6.93. The molecule has 0 saturated heterocycles. The molecule has 0 aromatic carbocycles. The van der Waals surface area contributed by atoms with Crippen molar-refractivity contribution >= 4 is 17.5 Å². The molecule has 0 fully saturated rings. The van der Waals surface area contributed by atoms with Gasteiger partial charge in [-0.1, -0.05) is 0 Å². The monoisotopic (exact) mass is 207 g/mol. The molecule has 1 aromatic heterocycles. The smallest absolute Gasteiger partial charge is 0.338 e. The quantitative estimate of drug-likeness (QED) is 0.752. The van der Waals surface area contributed by atoms with Crippen molar-refractivity contribution in [3.8, 4) is 0 Å². The molecule has 0 aliphatic heterocycles. The Kier molecular flexibility index (Phi) is 2.94. The van der Waals surface area contributed by atoms with Crippen molar-refractivity contribution in [2.75, 3.05) is 0 Å². The molecule has 0 unspecified atom stereocenters. The highest BCUT2D eigenvalue weighted by Gasteiger charge is 2.16. The van der Waals surface area contributed by atoms with Crippen LogP contribution in [0.2, 0.25) is 0 Å². The van der Waals surface area contributed by atoms with E-state index in [1.807, 2.05) is 0 Å². The van der Waals surface area contributed by atoms with Gasteiger partial charge in [0.05, 0.1) is 5.56 Å². The molecule has 0 spiro atoms. The Morgan fingerprint density at radius 1 is 1.13 bits per heavy atom. The van der Waals surface area contributed by atoms with Crippen LogP contribution in [-0.2, 0) is 0 Å². The summed E-state index contributed by atoms with van der Waals surface area (Å²) in [6, 6.07) is 2.50. The van der Waals surface area contributed by atoms with Gasteiger partial charge in [-0.2, -0.15) is 0 Å². The molecule has 1 rings (SSSR count). The topological polar surface area (TPSA) is 84.3 Å².